The quantitative estimate of drug-likeness (QED) is 0.524. The molecule has 0 aliphatic rings. The van der Waals surface area contributed by atoms with Gasteiger partial charge in [0.1, 0.15) is 0 Å². The van der Waals surface area contributed by atoms with Crippen molar-refractivity contribution in [1.82, 2.24) is 14.9 Å². The second-order valence-corrected chi connectivity index (χ2v) is 7.27. The molecule has 0 bridgehead atoms. The maximum Gasteiger partial charge on any atom is 0.234 e. The first-order valence-electron chi connectivity index (χ1n) is 6.98. The SMILES string of the molecule is Cc1ccc(NC(=O)CSc2nnc(-c3cccs3)n2N)c(Cl)c1. The van der Waals surface area contributed by atoms with Gasteiger partial charge in [-0.05, 0) is 36.1 Å². The molecule has 0 aliphatic carbocycles. The van der Waals surface area contributed by atoms with Gasteiger partial charge in [-0.25, -0.2) is 4.68 Å². The highest BCUT2D eigenvalue weighted by atomic mass is 35.5. The highest BCUT2D eigenvalue weighted by Gasteiger charge is 2.14. The number of thiophene rings is 1. The minimum atomic E-state index is -0.188. The third kappa shape index (κ3) is 3.72. The molecule has 0 spiro atoms. The van der Waals surface area contributed by atoms with E-state index in [4.69, 9.17) is 17.4 Å². The average Bonchev–Trinajstić information content (AvgIpc) is 3.18. The number of hydrogen-bond acceptors (Lipinski definition) is 6. The van der Waals surface area contributed by atoms with Crippen LogP contribution in [-0.2, 0) is 4.79 Å². The van der Waals surface area contributed by atoms with Crippen molar-refractivity contribution >= 4 is 46.3 Å². The summed E-state index contributed by atoms with van der Waals surface area (Å²) >= 11 is 8.85. The number of carbonyl (C=O) groups excluding carboxylic acids is 1. The van der Waals surface area contributed by atoms with Crippen LogP contribution in [0.25, 0.3) is 10.7 Å². The predicted octanol–water partition coefficient (Wildman–Crippen LogP) is 3.41. The smallest absolute Gasteiger partial charge is 0.234 e. The number of nitrogens with two attached hydrogens (primary N) is 1. The van der Waals surface area contributed by atoms with Gasteiger partial charge in [-0.2, -0.15) is 0 Å². The Bertz CT molecular complexity index is 863. The molecule has 6 nitrogen and oxygen atoms in total. The minimum absolute atomic E-state index is 0.157. The first-order chi connectivity index (χ1) is 11.5. The van der Waals surface area contributed by atoms with E-state index in [9.17, 15) is 4.79 Å². The summed E-state index contributed by atoms with van der Waals surface area (Å²) in [6.07, 6.45) is 0. The van der Waals surface area contributed by atoms with Crippen LogP contribution in [0.2, 0.25) is 5.02 Å². The first-order valence-corrected chi connectivity index (χ1v) is 9.22. The Balaban J connectivity index is 1.62. The average molecular weight is 380 g/mol. The fourth-order valence-electron chi connectivity index (χ4n) is 1.99. The summed E-state index contributed by atoms with van der Waals surface area (Å²) in [5, 5.41) is 13.8. The van der Waals surface area contributed by atoms with Crippen LogP contribution < -0.4 is 11.2 Å². The van der Waals surface area contributed by atoms with Gasteiger partial charge in [-0.15, -0.1) is 21.5 Å². The van der Waals surface area contributed by atoms with E-state index in [0.717, 1.165) is 10.4 Å². The predicted molar refractivity (Wildman–Crippen MR) is 99.0 cm³/mol. The molecule has 3 aromatic rings. The van der Waals surface area contributed by atoms with Gasteiger partial charge in [0.2, 0.25) is 11.1 Å². The molecule has 0 saturated heterocycles. The Hall–Kier alpha value is -2.03. The summed E-state index contributed by atoms with van der Waals surface area (Å²) in [4.78, 5) is 13.0. The van der Waals surface area contributed by atoms with E-state index in [-0.39, 0.29) is 11.7 Å². The standard InChI is InChI=1S/C15H14ClN5OS2/c1-9-4-5-11(10(16)7-9)18-13(22)8-24-15-20-19-14(21(15)17)12-3-2-6-23-12/h2-7H,8,17H2,1H3,(H,18,22). The minimum Gasteiger partial charge on any atom is -0.335 e. The molecule has 0 fully saturated rings. The van der Waals surface area contributed by atoms with Crippen molar-refractivity contribution in [3.05, 3.63) is 46.3 Å². The van der Waals surface area contributed by atoms with Crippen LogP contribution in [0, 0.1) is 6.92 Å². The lowest BCUT2D eigenvalue weighted by atomic mass is 10.2. The topological polar surface area (TPSA) is 85.8 Å². The normalized spacial score (nSPS) is 10.8. The lowest BCUT2D eigenvalue weighted by molar-refractivity contribution is -0.113. The van der Waals surface area contributed by atoms with Gasteiger partial charge >= 0.3 is 0 Å². The van der Waals surface area contributed by atoms with Crippen molar-refractivity contribution in [1.29, 1.82) is 0 Å². The van der Waals surface area contributed by atoms with Crippen LogP contribution in [0.4, 0.5) is 5.69 Å². The molecule has 0 aliphatic heterocycles. The zero-order chi connectivity index (χ0) is 17.1. The number of thioether (sulfide) groups is 1. The number of nitrogens with one attached hydrogen (secondary N) is 1. The largest absolute Gasteiger partial charge is 0.335 e. The first kappa shape index (κ1) is 16.8. The summed E-state index contributed by atoms with van der Waals surface area (Å²) in [6, 6.07) is 9.30. The van der Waals surface area contributed by atoms with Crippen molar-refractivity contribution in [2.75, 3.05) is 16.9 Å². The van der Waals surface area contributed by atoms with E-state index in [2.05, 4.69) is 15.5 Å². The number of aryl methyl sites for hydroxylation is 1. The maximum atomic E-state index is 12.1. The van der Waals surface area contributed by atoms with E-state index < -0.39 is 0 Å². The van der Waals surface area contributed by atoms with Crippen LogP contribution in [0.3, 0.4) is 0 Å². The number of rotatable bonds is 5. The molecule has 0 atom stereocenters. The van der Waals surface area contributed by atoms with E-state index in [1.807, 2.05) is 30.5 Å². The van der Waals surface area contributed by atoms with Crippen molar-refractivity contribution in [3.63, 3.8) is 0 Å². The van der Waals surface area contributed by atoms with Gasteiger partial charge in [-0.1, -0.05) is 35.5 Å². The van der Waals surface area contributed by atoms with Crippen molar-refractivity contribution < 1.29 is 4.79 Å². The lowest BCUT2D eigenvalue weighted by Crippen LogP contribution is -2.16. The zero-order valence-corrected chi connectivity index (χ0v) is 15.1. The molecular weight excluding hydrogens is 366 g/mol. The molecule has 3 N–H and O–H groups in total. The lowest BCUT2D eigenvalue weighted by Gasteiger charge is -2.07. The fraction of sp³-hybridized carbons (Fsp3) is 0.133. The number of benzene rings is 1. The molecule has 9 heteroatoms. The van der Waals surface area contributed by atoms with Gasteiger partial charge in [0.25, 0.3) is 0 Å². The maximum absolute atomic E-state index is 12.1. The highest BCUT2D eigenvalue weighted by Crippen LogP contribution is 2.26. The third-order valence-electron chi connectivity index (χ3n) is 3.14. The van der Waals surface area contributed by atoms with E-state index in [0.29, 0.717) is 21.7 Å². The van der Waals surface area contributed by atoms with Crippen molar-refractivity contribution in [2.24, 2.45) is 0 Å². The number of halogens is 1. The van der Waals surface area contributed by atoms with E-state index in [1.54, 1.807) is 12.1 Å². The monoisotopic (exact) mass is 379 g/mol. The van der Waals surface area contributed by atoms with Crippen LogP contribution in [0.15, 0.2) is 40.9 Å². The van der Waals surface area contributed by atoms with Gasteiger partial charge < -0.3 is 11.2 Å². The number of nitrogens with zero attached hydrogens (tertiary/aromatic N) is 3. The van der Waals surface area contributed by atoms with Crippen LogP contribution >= 0.6 is 34.7 Å². The number of nitrogen functional groups attached to an aromatic ring is 1. The Kier molecular flexibility index (Phi) is 5.08. The van der Waals surface area contributed by atoms with Crippen molar-refractivity contribution in [2.45, 2.75) is 12.1 Å². The summed E-state index contributed by atoms with van der Waals surface area (Å²) in [6.45, 7) is 1.94. The molecule has 0 saturated carbocycles. The third-order valence-corrected chi connectivity index (χ3v) is 5.26. The molecule has 0 radical (unpaired) electrons. The Morgan fingerprint density at radius 2 is 2.25 bits per heavy atom. The number of amides is 1. The van der Waals surface area contributed by atoms with Crippen LogP contribution in [0.1, 0.15) is 5.56 Å². The molecule has 1 aromatic carbocycles. The second kappa shape index (κ2) is 7.25. The molecule has 24 heavy (non-hydrogen) atoms. The molecule has 2 heterocycles. The number of anilines is 1. The Morgan fingerprint density at radius 3 is 2.96 bits per heavy atom. The van der Waals surface area contributed by atoms with Crippen LogP contribution in [0.5, 0.6) is 0 Å². The number of hydrogen-bond donors (Lipinski definition) is 2. The van der Waals surface area contributed by atoms with Crippen LogP contribution in [-0.4, -0.2) is 26.5 Å². The molecule has 124 valence electrons. The molecule has 0 unspecified atom stereocenters. The zero-order valence-electron chi connectivity index (χ0n) is 12.7. The summed E-state index contributed by atoms with van der Waals surface area (Å²) < 4.78 is 1.39. The van der Waals surface area contributed by atoms with Gasteiger partial charge in [0.15, 0.2) is 5.82 Å². The summed E-state index contributed by atoms with van der Waals surface area (Å²) in [7, 11) is 0. The second-order valence-electron chi connectivity index (χ2n) is 4.97. The molecule has 2 aromatic heterocycles. The van der Waals surface area contributed by atoms with Gasteiger partial charge in [0, 0.05) is 0 Å². The molecular formula is C15H14ClN5OS2. The Morgan fingerprint density at radius 1 is 1.42 bits per heavy atom. The molecule has 3 rings (SSSR count). The number of carbonyl (C=O) groups is 1. The van der Waals surface area contributed by atoms with Gasteiger partial charge in [0.05, 0.1) is 21.3 Å². The Labute approximate surface area is 152 Å². The highest BCUT2D eigenvalue weighted by molar-refractivity contribution is 7.99. The summed E-state index contributed by atoms with van der Waals surface area (Å²) in [5.74, 6) is 6.55. The fourth-order valence-corrected chi connectivity index (χ4v) is 3.63. The summed E-state index contributed by atoms with van der Waals surface area (Å²) in [5.41, 5.74) is 1.62. The van der Waals surface area contributed by atoms with E-state index >= 15 is 0 Å². The number of aromatic nitrogens is 3. The van der Waals surface area contributed by atoms with Crippen molar-refractivity contribution in [3.8, 4) is 10.7 Å². The van der Waals surface area contributed by atoms with E-state index in [1.165, 1.54) is 27.8 Å². The van der Waals surface area contributed by atoms with Gasteiger partial charge in [-0.3, -0.25) is 4.79 Å². The molecule has 1 amide bonds.